The van der Waals surface area contributed by atoms with Crippen LogP contribution < -0.4 is 11.2 Å². The van der Waals surface area contributed by atoms with E-state index in [0.717, 1.165) is 13.1 Å². The highest BCUT2D eigenvalue weighted by molar-refractivity contribution is 5.76. The minimum atomic E-state index is -1.03. The average molecular weight is 318 g/mol. The largest absolute Gasteiger partial charge is 0.480 e. The summed E-state index contributed by atoms with van der Waals surface area (Å²) in [7, 11) is 1.46. The third-order valence-electron chi connectivity index (χ3n) is 3.28. The Hall–Kier alpha value is -1.26. The van der Waals surface area contributed by atoms with Gasteiger partial charge >= 0.3 is 5.97 Å². The number of amides is 1. The number of hydrogen-bond donors (Lipinski definition) is 4. The number of β-amino-alcohol motifs (C(OH)–C–C–N with tert-alkyl or cyclic N) is 1. The summed E-state index contributed by atoms with van der Waals surface area (Å²) < 4.78 is 5.23. The standard InChI is InChI=1S/C13H26N4O5/c1-16(9-13(20)21)15-12(19)7-10(14)6-11(18)8-17-2-4-22-5-3-17/h10-11,18H,2-9,14H2,1H3,(H,15,19)(H,20,21)/t10-,11?/m1/s1. The molecular weight excluding hydrogens is 292 g/mol. The Balaban J connectivity index is 2.21. The van der Waals surface area contributed by atoms with Crippen LogP contribution in [0.1, 0.15) is 12.8 Å². The molecule has 1 heterocycles. The minimum Gasteiger partial charge on any atom is -0.480 e. The van der Waals surface area contributed by atoms with Crippen LogP contribution in [-0.4, -0.2) is 90.6 Å². The summed E-state index contributed by atoms with van der Waals surface area (Å²) >= 11 is 0. The number of ether oxygens (including phenoxy) is 1. The number of nitrogens with two attached hydrogens (primary N) is 1. The smallest absolute Gasteiger partial charge is 0.319 e. The molecule has 1 amide bonds. The molecule has 0 radical (unpaired) electrons. The first-order chi connectivity index (χ1) is 10.4. The van der Waals surface area contributed by atoms with Gasteiger partial charge < -0.3 is 20.7 Å². The van der Waals surface area contributed by atoms with E-state index in [4.69, 9.17) is 15.6 Å². The predicted molar refractivity (Wildman–Crippen MR) is 78.9 cm³/mol. The number of hydrogen-bond acceptors (Lipinski definition) is 7. The molecule has 22 heavy (non-hydrogen) atoms. The minimum absolute atomic E-state index is 0.0319. The maximum absolute atomic E-state index is 11.7. The molecule has 9 nitrogen and oxygen atoms in total. The fraction of sp³-hybridized carbons (Fsp3) is 0.846. The highest BCUT2D eigenvalue weighted by Gasteiger charge is 2.19. The van der Waals surface area contributed by atoms with Crippen LogP contribution in [0.3, 0.4) is 0 Å². The Morgan fingerprint density at radius 3 is 2.64 bits per heavy atom. The van der Waals surface area contributed by atoms with Gasteiger partial charge in [-0.2, -0.15) is 0 Å². The van der Waals surface area contributed by atoms with Gasteiger partial charge in [-0.3, -0.25) is 19.9 Å². The molecule has 0 aromatic carbocycles. The summed E-state index contributed by atoms with van der Waals surface area (Å²) in [6.45, 7) is 3.12. The molecule has 128 valence electrons. The molecule has 1 aliphatic heterocycles. The average Bonchev–Trinajstić information content (AvgIpc) is 2.37. The zero-order valence-corrected chi connectivity index (χ0v) is 12.9. The maximum Gasteiger partial charge on any atom is 0.319 e. The molecule has 5 N–H and O–H groups in total. The van der Waals surface area contributed by atoms with Crippen LogP contribution in [0.15, 0.2) is 0 Å². The van der Waals surface area contributed by atoms with Gasteiger partial charge in [-0.1, -0.05) is 0 Å². The molecule has 1 unspecified atom stereocenters. The molecule has 1 rings (SSSR count). The summed E-state index contributed by atoms with van der Waals surface area (Å²) in [4.78, 5) is 24.3. The molecule has 0 bridgehead atoms. The van der Waals surface area contributed by atoms with Crippen molar-refractivity contribution in [2.75, 3.05) is 46.4 Å². The second-order valence-corrected chi connectivity index (χ2v) is 5.55. The summed E-state index contributed by atoms with van der Waals surface area (Å²) in [6.07, 6.45) is -0.255. The molecule has 1 saturated heterocycles. The van der Waals surface area contributed by atoms with Crippen molar-refractivity contribution < 1.29 is 24.5 Å². The van der Waals surface area contributed by atoms with E-state index in [1.807, 2.05) is 0 Å². The number of carboxylic acid groups (broad SMARTS) is 1. The van der Waals surface area contributed by atoms with Crippen LogP contribution >= 0.6 is 0 Å². The van der Waals surface area contributed by atoms with E-state index in [-0.39, 0.29) is 18.9 Å². The van der Waals surface area contributed by atoms with E-state index in [2.05, 4.69) is 10.3 Å². The monoisotopic (exact) mass is 318 g/mol. The van der Waals surface area contributed by atoms with Crippen molar-refractivity contribution in [2.24, 2.45) is 5.73 Å². The topological polar surface area (TPSA) is 128 Å². The Labute approximate surface area is 130 Å². The molecule has 1 aliphatic rings. The summed E-state index contributed by atoms with van der Waals surface area (Å²) in [6, 6.07) is -0.478. The quantitative estimate of drug-likeness (QED) is 0.354. The number of nitrogens with zero attached hydrogens (tertiary/aromatic N) is 2. The number of morpholine rings is 1. The zero-order valence-electron chi connectivity index (χ0n) is 12.9. The van der Waals surface area contributed by atoms with Gasteiger partial charge in [0.15, 0.2) is 0 Å². The lowest BCUT2D eigenvalue weighted by Crippen LogP contribution is -2.45. The molecule has 0 spiro atoms. The van der Waals surface area contributed by atoms with E-state index in [9.17, 15) is 14.7 Å². The van der Waals surface area contributed by atoms with Crippen molar-refractivity contribution in [3.05, 3.63) is 0 Å². The molecule has 0 saturated carbocycles. The molecule has 9 heteroatoms. The SMILES string of the molecule is CN(CC(=O)O)NC(=O)C[C@H](N)CC(O)CN1CCOCC1. The van der Waals surface area contributed by atoms with Gasteiger partial charge in [0.25, 0.3) is 0 Å². The number of carboxylic acids is 1. The zero-order chi connectivity index (χ0) is 16.5. The molecule has 0 aromatic rings. The Morgan fingerprint density at radius 2 is 2.05 bits per heavy atom. The molecule has 0 aromatic heterocycles. The van der Waals surface area contributed by atoms with Gasteiger partial charge in [0.1, 0.15) is 6.54 Å². The van der Waals surface area contributed by atoms with Crippen LogP contribution in [0, 0.1) is 0 Å². The third-order valence-corrected chi connectivity index (χ3v) is 3.28. The maximum atomic E-state index is 11.7. The molecule has 1 fully saturated rings. The number of hydrazine groups is 1. The summed E-state index contributed by atoms with van der Waals surface area (Å²) in [5, 5.41) is 19.8. The number of nitrogens with one attached hydrogen (secondary N) is 1. The summed E-state index contributed by atoms with van der Waals surface area (Å²) in [5.74, 6) is -1.40. The highest BCUT2D eigenvalue weighted by Crippen LogP contribution is 2.05. The van der Waals surface area contributed by atoms with Gasteiger partial charge in [-0.25, -0.2) is 5.01 Å². The molecular formula is C13H26N4O5. The number of likely N-dealkylation sites (N-methyl/N-ethyl adjacent to an activating group) is 1. The number of aliphatic hydroxyl groups is 1. The fourth-order valence-corrected chi connectivity index (χ4v) is 2.33. The lowest BCUT2D eigenvalue weighted by atomic mass is 10.1. The van der Waals surface area contributed by atoms with Crippen molar-refractivity contribution in [2.45, 2.75) is 25.0 Å². The second kappa shape index (κ2) is 9.70. The van der Waals surface area contributed by atoms with Gasteiger partial charge in [0.05, 0.1) is 19.3 Å². The van der Waals surface area contributed by atoms with E-state index < -0.39 is 18.1 Å². The first-order valence-electron chi connectivity index (χ1n) is 7.33. The number of carbonyl (C=O) groups excluding carboxylic acids is 1. The van der Waals surface area contributed by atoms with Crippen molar-refractivity contribution in [1.29, 1.82) is 0 Å². The first kappa shape index (κ1) is 18.8. The van der Waals surface area contributed by atoms with Crippen molar-refractivity contribution in [1.82, 2.24) is 15.3 Å². The lowest BCUT2D eigenvalue weighted by Gasteiger charge is -2.29. The highest BCUT2D eigenvalue weighted by atomic mass is 16.5. The Kier molecular flexibility index (Phi) is 8.28. The van der Waals surface area contributed by atoms with Crippen LogP contribution in [0.2, 0.25) is 0 Å². The number of rotatable bonds is 9. The Bertz CT molecular complexity index is 362. The molecule has 2 atom stereocenters. The van der Waals surface area contributed by atoms with Gasteiger partial charge in [0, 0.05) is 39.1 Å². The lowest BCUT2D eigenvalue weighted by molar-refractivity contribution is -0.139. The number of aliphatic carboxylic acids is 1. The van der Waals surface area contributed by atoms with E-state index in [0.29, 0.717) is 26.2 Å². The number of aliphatic hydroxyl groups excluding tert-OH is 1. The van der Waals surface area contributed by atoms with Gasteiger partial charge in [-0.15, -0.1) is 0 Å². The van der Waals surface area contributed by atoms with E-state index >= 15 is 0 Å². The van der Waals surface area contributed by atoms with Crippen LogP contribution in [0.4, 0.5) is 0 Å². The third kappa shape index (κ3) is 8.25. The fourth-order valence-electron chi connectivity index (χ4n) is 2.33. The van der Waals surface area contributed by atoms with E-state index in [1.165, 1.54) is 12.1 Å². The van der Waals surface area contributed by atoms with Crippen molar-refractivity contribution in [3.8, 4) is 0 Å². The van der Waals surface area contributed by atoms with Crippen molar-refractivity contribution in [3.63, 3.8) is 0 Å². The summed E-state index contributed by atoms with van der Waals surface area (Å²) in [5.41, 5.74) is 8.28. The second-order valence-electron chi connectivity index (χ2n) is 5.55. The van der Waals surface area contributed by atoms with Crippen LogP contribution in [0.25, 0.3) is 0 Å². The van der Waals surface area contributed by atoms with Gasteiger partial charge in [0.2, 0.25) is 5.91 Å². The normalized spacial score (nSPS) is 18.9. The van der Waals surface area contributed by atoms with Crippen molar-refractivity contribution >= 4 is 11.9 Å². The van der Waals surface area contributed by atoms with Crippen LogP contribution in [0.5, 0.6) is 0 Å². The first-order valence-corrected chi connectivity index (χ1v) is 7.33. The van der Waals surface area contributed by atoms with Gasteiger partial charge in [-0.05, 0) is 6.42 Å². The Morgan fingerprint density at radius 1 is 1.41 bits per heavy atom. The number of carbonyl (C=O) groups is 2. The predicted octanol–water partition coefficient (Wildman–Crippen LogP) is -2.17. The molecule has 0 aliphatic carbocycles. The van der Waals surface area contributed by atoms with E-state index in [1.54, 1.807) is 0 Å². The van der Waals surface area contributed by atoms with Crippen LogP contribution in [-0.2, 0) is 14.3 Å².